The predicted molar refractivity (Wildman–Crippen MR) is 74.9 cm³/mol. The smallest absolute Gasteiger partial charge is 0.227 e. The Balaban J connectivity index is 1.67. The molecular formula is C14H18N2O3S. The van der Waals surface area contributed by atoms with Crippen molar-refractivity contribution in [3.8, 4) is 0 Å². The number of nitrogens with one attached hydrogen (secondary N) is 1. The van der Waals surface area contributed by atoms with E-state index in [0.717, 1.165) is 25.0 Å². The van der Waals surface area contributed by atoms with E-state index in [0.29, 0.717) is 11.6 Å². The molecule has 0 spiro atoms. The van der Waals surface area contributed by atoms with Crippen molar-refractivity contribution in [1.29, 1.82) is 0 Å². The summed E-state index contributed by atoms with van der Waals surface area (Å²) in [6.45, 7) is 0. The van der Waals surface area contributed by atoms with Crippen LogP contribution in [-0.4, -0.2) is 25.6 Å². The number of nitrogens with zero attached hydrogens (tertiary/aromatic N) is 1. The van der Waals surface area contributed by atoms with Gasteiger partial charge in [-0.3, -0.25) is 4.79 Å². The molecule has 108 valence electrons. The number of rotatable bonds is 3. The highest BCUT2D eigenvalue weighted by Gasteiger charge is 2.42. The molecule has 20 heavy (non-hydrogen) atoms. The molecular weight excluding hydrogens is 276 g/mol. The van der Waals surface area contributed by atoms with Gasteiger partial charge in [-0.25, -0.2) is 13.4 Å². The molecule has 0 radical (unpaired) electrons. The first-order valence-electron chi connectivity index (χ1n) is 6.90. The normalized spacial score (nSPS) is 28.6. The van der Waals surface area contributed by atoms with E-state index in [1.54, 1.807) is 6.07 Å². The molecule has 1 amide bonds. The van der Waals surface area contributed by atoms with Gasteiger partial charge in [-0.05, 0) is 43.2 Å². The number of pyridine rings is 1. The zero-order valence-electron chi connectivity index (χ0n) is 11.4. The lowest BCUT2D eigenvalue weighted by Crippen LogP contribution is -2.27. The van der Waals surface area contributed by atoms with Crippen LogP contribution in [0.5, 0.6) is 0 Å². The van der Waals surface area contributed by atoms with Gasteiger partial charge in [0.05, 0.1) is 11.9 Å². The van der Waals surface area contributed by atoms with Crippen LogP contribution in [0.15, 0.2) is 23.4 Å². The zero-order chi connectivity index (χ0) is 14.3. The summed E-state index contributed by atoms with van der Waals surface area (Å²) in [7, 11) is -3.29. The van der Waals surface area contributed by atoms with Crippen molar-refractivity contribution in [2.75, 3.05) is 11.6 Å². The lowest BCUT2D eigenvalue weighted by atomic mass is 9.88. The Bertz CT molecular complexity index is 624. The fraction of sp³-hybridized carbons (Fsp3) is 0.571. The third kappa shape index (κ3) is 2.57. The molecule has 0 aromatic carbocycles. The molecule has 2 saturated carbocycles. The number of hydrogen-bond donors (Lipinski definition) is 1. The van der Waals surface area contributed by atoms with Crippen LogP contribution >= 0.6 is 0 Å². The Morgan fingerprint density at radius 3 is 2.60 bits per heavy atom. The third-order valence-corrected chi connectivity index (χ3v) is 5.46. The van der Waals surface area contributed by atoms with Gasteiger partial charge in [-0.2, -0.15) is 0 Å². The van der Waals surface area contributed by atoms with Gasteiger partial charge in [-0.15, -0.1) is 0 Å². The molecule has 0 unspecified atom stereocenters. The van der Waals surface area contributed by atoms with E-state index < -0.39 is 9.84 Å². The number of anilines is 1. The van der Waals surface area contributed by atoms with E-state index >= 15 is 0 Å². The van der Waals surface area contributed by atoms with Crippen LogP contribution in [0.4, 0.5) is 5.69 Å². The molecule has 2 aliphatic rings. The highest BCUT2D eigenvalue weighted by molar-refractivity contribution is 7.90. The Kier molecular flexibility index (Phi) is 3.28. The van der Waals surface area contributed by atoms with Crippen molar-refractivity contribution in [2.24, 2.45) is 17.8 Å². The standard InChI is InChI=1S/C14H18N2O3S/c1-20(18,19)13-5-4-11(8-15-13)16-14(17)12-7-9-2-3-10(12)6-9/h4-5,8-10,12H,2-3,6-7H2,1H3,(H,16,17)/t9-,10-,12+/m0/s1. The summed E-state index contributed by atoms with van der Waals surface area (Å²) < 4.78 is 22.6. The lowest BCUT2D eigenvalue weighted by molar-refractivity contribution is -0.121. The van der Waals surface area contributed by atoms with Crippen molar-refractivity contribution in [3.05, 3.63) is 18.3 Å². The van der Waals surface area contributed by atoms with Crippen LogP contribution in [0.3, 0.4) is 0 Å². The number of carbonyl (C=O) groups is 1. The number of amides is 1. The van der Waals surface area contributed by atoms with E-state index in [1.807, 2.05) is 0 Å². The number of fused-ring (bicyclic) bond motifs is 2. The van der Waals surface area contributed by atoms with Crippen LogP contribution in [0.25, 0.3) is 0 Å². The SMILES string of the molecule is CS(=O)(=O)c1ccc(NC(=O)[C@@H]2C[C@H]3CC[C@H]2C3)cn1. The molecule has 1 aromatic rings. The van der Waals surface area contributed by atoms with Crippen LogP contribution in [0, 0.1) is 17.8 Å². The molecule has 3 rings (SSSR count). The van der Waals surface area contributed by atoms with E-state index in [2.05, 4.69) is 10.3 Å². The highest BCUT2D eigenvalue weighted by Crippen LogP contribution is 2.48. The molecule has 0 saturated heterocycles. The summed E-state index contributed by atoms with van der Waals surface area (Å²) in [4.78, 5) is 16.1. The average Bonchev–Trinajstić information content (AvgIpc) is 3.00. The average molecular weight is 294 g/mol. The topological polar surface area (TPSA) is 76.1 Å². The predicted octanol–water partition coefficient (Wildman–Crippen LogP) is 1.86. The molecule has 6 heteroatoms. The summed E-state index contributed by atoms with van der Waals surface area (Å²) in [5, 5.41) is 2.87. The number of hydrogen-bond acceptors (Lipinski definition) is 4. The Labute approximate surface area is 118 Å². The van der Waals surface area contributed by atoms with Crippen LogP contribution in [0.1, 0.15) is 25.7 Å². The number of aromatic nitrogens is 1. The first-order chi connectivity index (χ1) is 9.43. The van der Waals surface area contributed by atoms with E-state index in [9.17, 15) is 13.2 Å². The minimum absolute atomic E-state index is 0.0235. The summed E-state index contributed by atoms with van der Waals surface area (Å²) in [6, 6.07) is 3.01. The van der Waals surface area contributed by atoms with Gasteiger partial charge >= 0.3 is 0 Å². The fourth-order valence-corrected chi connectivity index (χ4v) is 4.03. The lowest BCUT2D eigenvalue weighted by Gasteiger charge is -2.20. The molecule has 5 nitrogen and oxygen atoms in total. The molecule has 2 aliphatic carbocycles. The van der Waals surface area contributed by atoms with Gasteiger partial charge in [0.15, 0.2) is 14.9 Å². The van der Waals surface area contributed by atoms with Gasteiger partial charge in [-0.1, -0.05) is 6.42 Å². The highest BCUT2D eigenvalue weighted by atomic mass is 32.2. The van der Waals surface area contributed by atoms with Gasteiger partial charge < -0.3 is 5.32 Å². The van der Waals surface area contributed by atoms with Crippen LogP contribution < -0.4 is 5.32 Å². The maximum atomic E-state index is 12.2. The quantitative estimate of drug-likeness (QED) is 0.923. The van der Waals surface area contributed by atoms with Crippen molar-refractivity contribution in [3.63, 3.8) is 0 Å². The summed E-state index contributed by atoms with van der Waals surface area (Å²) in [5.74, 6) is 1.42. The number of carbonyl (C=O) groups excluding carboxylic acids is 1. The van der Waals surface area contributed by atoms with E-state index in [4.69, 9.17) is 0 Å². The zero-order valence-corrected chi connectivity index (χ0v) is 12.2. The first kappa shape index (κ1) is 13.5. The van der Waals surface area contributed by atoms with Crippen molar-refractivity contribution >= 4 is 21.4 Å². The van der Waals surface area contributed by atoms with Crippen molar-refractivity contribution in [2.45, 2.75) is 30.7 Å². The van der Waals surface area contributed by atoms with Gasteiger partial charge in [0, 0.05) is 12.2 Å². The monoisotopic (exact) mass is 294 g/mol. The Morgan fingerprint density at radius 1 is 1.30 bits per heavy atom. The largest absolute Gasteiger partial charge is 0.324 e. The summed E-state index contributed by atoms with van der Waals surface area (Å²) in [6.07, 6.45) is 7.12. The second-order valence-electron chi connectivity index (χ2n) is 5.93. The van der Waals surface area contributed by atoms with E-state index in [1.165, 1.54) is 25.1 Å². The fourth-order valence-electron chi connectivity index (χ4n) is 3.47. The summed E-state index contributed by atoms with van der Waals surface area (Å²) >= 11 is 0. The van der Waals surface area contributed by atoms with Gasteiger partial charge in [0.2, 0.25) is 5.91 Å². The second kappa shape index (κ2) is 4.84. The van der Waals surface area contributed by atoms with Crippen molar-refractivity contribution in [1.82, 2.24) is 4.98 Å². The molecule has 0 aliphatic heterocycles. The third-order valence-electron chi connectivity index (χ3n) is 4.46. The minimum Gasteiger partial charge on any atom is -0.324 e. The Morgan fingerprint density at radius 2 is 2.10 bits per heavy atom. The molecule has 2 bridgehead atoms. The molecule has 3 atom stereocenters. The molecule has 1 N–H and O–H groups in total. The number of sulfone groups is 1. The van der Waals surface area contributed by atoms with E-state index in [-0.39, 0.29) is 16.9 Å². The first-order valence-corrected chi connectivity index (χ1v) is 8.79. The van der Waals surface area contributed by atoms with Crippen molar-refractivity contribution < 1.29 is 13.2 Å². The van der Waals surface area contributed by atoms with Gasteiger partial charge in [0.25, 0.3) is 0 Å². The maximum absolute atomic E-state index is 12.2. The molecule has 1 aromatic heterocycles. The Hall–Kier alpha value is -1.43. The second-order valence-corrected chi connectivity index (χ2v) is 7.89. The molecule has 2 fully saturated rings. The van der Waals surface area contributed by atoms with Crippen LogP contribution in [0.2, 0.25) is 0 Å². The van der Waals surface area contributed by atoms with Gasteiger partial charge in [0.1, 0.15) is 0 Å². The maximum Gasteiger partial charge on any atom is 0.227 e. The summed E-state index contributed by atoms with van der Waals surface area (Å²) in [5.41, 5.74) is 0.560. The minimum atomic E-state index is -3.29. The van der Waals surface area contributed by atoms with Crippen LogP contribution in [-0.2, 0) is 14.6 Å². The molecule has 1 heterocycles.